The average molecular weight is 247 g/mol. The van der Waals surface area contributed by atoms with Gasteiger partial charge in [0.2, 0.25) is 0 Å². The minimum atomic E-state index is -0.130. The Kier molecular flexibility index (Phi) is 3.76. The summed E-state index contributed by atoms with van der Waals surface area (Å²) in [5.74, 6) is 2.41. The number of H-pyrrole nitrogens is 2. The molecule has 2 heterocycles. The van der Waals surface area contributed by atoms with E-state index in [4.69, 9.17) is 0 Å². The summed E-state index contributed by atoms with van der Waals surface area (Å²) in [6, 6.07) is 1.47. The molecular formula is C12H17N5O. The molecule has 0 aromatic carbocycles. The average Bonchev–Trinajstić information content (AvgIpc) is 2.81. The summed E-state index contributed by atoms with van der Waals surface area (Å²) in [4.78, 5) is 25.7. The van der Waals surface area contributed by atoms with E-state index in [-0.39, 0.29) is 11.5 Å². The topological polar surface area (TPSA) is 86.5 Å². The standard InChI is InChI=1S/C12H17N5O/c1-8(2)12-16-10(7-11(18)17-12)13-4-3-9-14-5-6-15-9/h5-8H,3-4H2,1-2H3,(H,14,15)(H2,13,16,17,18). The Hall–Kier alpha value is -2.11. The largest absolute Gasteiger partial charge is 0.369 e. The summed E-state index contributed by atoms with van der Waals surface area (Å²) >= 11 is 0. The minimum Gasteiger partial charge on any atom is -0.369 e. The van der Waals surface area contributed by atoms with E-state index in [1.807, 2.05) is 13.8 Å². The summed E-state index contributed by atoms with van der Waals surface area (Å²) < 4.78 is 0. The van der Waals surface area contributed by atoms with Crippen molar-refractivity contribution < 1.29 is 0 Å². The number of hydrogen-bond acceptors (Lipinski definition) is 4. The maximum absolute atomic E-state index is 11.5. The lowest BCUT2D eigenvalue weighted by Gasteiger charge is -2.08. The molecule has 0 saturated heterocycles. The predicted molar refractivity (Wildman–Crippen MR) is 69.7 cm³/mol. The Balaban J connectivity index is 1.98. The van der Waals surface area contributed by atoms with E-state index in [0.29, 0.717) is 18.2 Å². The van der Waals surface area contributed by atoms with Gasteiger partial charge < -0.3 is 15.3 Å². The first-order valence-electron chi connectivity index (χ1n) is 5.98. The highest BCUT2D eigenvalue weighted by molar-refractivity contribution is 5.33. The maximum atomic E-state index is 11.5. The molecule has 96 valence electrons. The van der Waals surface area contributed by atoms with Crippen molar-refractivity contribution in [2.75, 3.05) is 11.9 Å². The molecule has 2 aromatic rings. The lowest BCUT2D eigenvalue weighted by molar-refractivity contribution is 0.766. The van der Waals surface area contributed by atoms with Crippen molar-refractivity contribution in [1.82, 2.24) is 19.9 Å². The number of aromatic amines is 2. The van der Waals surface area contributed by atoms with Crippen molar-refractivity contribution >= 4 is 5.82 Å². The molecule has 0 aliphatic carbocycles. The Bertz CT molecular complexity index is 544. The second kappa shape index (κ2) is 5.48. The second-order valence-electron chi connectivity index (χ2n) is 4.38. The van der Waals surface area contributed by atoms with Crippen molar-refractivity contribution in [2.45, 2.75) is 26.2 Å². The van der Waals surface area contributed by atoms with Crippen LogP contribution < -0.4 is 10.9 Å². The fourth-order valence-electron chi connectivity index (χ4n) is 1.58. The number of hydrogen-bond donors (Lipinski definition) is 3. The van der Waals surface area contributed by atoms with E-state index in [2.05, 4.69) is 25.3 Å². The molecule has 0 radical (unpaired) electrons. The van der Waals surface area contributed by atoms with Crippen LogP contribution in [0.3, 0.4) is 0 Å². The Morgan fingerprint density at radius 1 is 1.44 bits per heavy atom. The summed E-state index contributed by atoms with van der Waals surface area (Å²) in [5, 5.41) is 3.13. The minimum absolute atomic E-state index is 0.130. The molecule has 2 rings (SSSR count). The zero-order valence-corrected chi connectivity index (χ0v) is 10.5. The summed E-state index contributed by atoms with van der Waals surface area (Å²) in [5.41, 5.74) is -0.130. The van der Waals surface area contributed by atoms with Gasteiger partial charge in [-0.05, 0) is 0 Å². The van der Waals surface area contributed by atoms with Crippen LogP contribution in [0, 0.1) is 0 Å². The van der Waals surface area contributed by atoms with Gasteiger partial charge in [0.15, 0.2) is 0 Å². The van der Waals surface area contributed by atoms with Crippen LogP contribution in [0.5, 0.6) is 0 Å². The Labute approximate surface area is 105 Å². The van der Waals surface area contributed by atoms with Gasteiger partial charge in [-0.15, -0.1) is 0 Å². The molecule has 6 heteroatoms. The summed E-state index contributed by atoms with van der Waals surface area (Å²) in [6.07, 6.45) is 4.27. The van der Waals surface area contributed by atoms with Crippen LogP contribution in [-0.2, 0) is 6.42 Å². The molecule has 6 nitrogen and oxygen atoms in total. The van der Waals surface area contributed by atoms with Gasteiger partial charge >= 0.3 is 0 Å². The van der Waals surface area contributed by atoms with Gasteiger partial charge in [-0.1, -0.05) is 13.8 Å². The van der Waals surface area contributed by atoms with E-state index in [9.17, 15) is 4.79 Å². The highest BCUT2D eigenvalue weighted by Gasteiger charge is 2.04. The first kappa shape index (κ1) is 12.3. The van der Waals surface area contributed by atoms with Crippen molar-refractivity contribution in [3.05, 3.63) is 40.5 Å². The van der Waals surface area contributed by atoms with E-state index in [0.717, 1.165) is 12.2 Å². The molecule has 0 saturated carbocycles. The first-order valence-corrected chi connectivity index (χ1v) is 5.98. The molecule has 0 aliphatic heterocycles. The van der Waals surface area contributed by atoms with Gasteiger partial charge in [-0.25, -0.2) is 9.97 Å². The highest BCUT2D eigenvalue weighted by Crippen LogP contribution is 2.08. The van der Waals surface area contributed by atoms with E-state index in [1.165, 1.54) is 6.07 Å². The molecule has 0 fully saturated rings. The molecular weight excluding hydrogens is 230 g/mol. The molecule has 0 spiro atoms. The fourth-order valence-corrected chi connectivity index (χ4v) is 1.58. The van der Waals surface area contributed by atoms with Crippen LogP contribution in [-0.4, -0.2) is 26.5 Å². The molecule has 2 aromatic heterocycles. The molecule has 0 aliphatic rings. The van der Waals surface area contributed by atoms with Gasteiger partial charge in [0.05, 0.1) is 0 Å². The summed E-state index contributed by atoms with van der Waals surface area (Å²) in [7, 11) is 0. The molecule has 0 unspecified atom stereocenters. The van der Waals surface area contributed by atoms with Gasteiger partial charge in [-0.2, -0.15) is 0 Å². The van der Waals surface area contributed by atoms with Crippen LogP contribution in [0.15, 0.2) is 23.3 Å². The quantitative estimate of drug-likeness (QED) is 0.742. The van der Waals surface area contributed by atoms with Crippen molar-refractivity contribution in [1.29, 1.82) is 0 Å². The maximum Gasteiger partial charge on any atom is 0.252 e. The molecule has 0 amide bonds. The normalized spacial score (nSPS) is 10.8. The number of rotatable bonds is 5. The van der Waals surface area contributed by atoms with Crippen molar-refractivity contribution in [3.8, 4) is 0 Å². The Morgan fingerprint density at radius 3 is 2.94 bits per heavy atom. The van der Waals surface area contributed by atoms with Crippen LogP contribution in [0.1, 0.15) is 31.4 Å². The SMILES string of the molecule is CC(C)c1nc(NCCc2ncc[nH]2)cc(=O)[nH]1. The van der Waals surface area contributed by atoms with Gasteiger partial charge in [-0.3, -0.25) is 4.79 Å². The van der Waals surface area contributed by atoms with Crippen LogP contribution in [0.4, 0.5) is 5.82 Å². The Morgan fingerprint density at radius 2 is 2.28 bits per heavy atom. The number of nitrogens with one attached hydrogen (secondary N) is 3. The molecule has 18 heavy (non-hydrogen) atoms. The zero-order chi connectivity index (χ0) is 13.0. The second-order valence-corrected chi connectivity index (χ2v) is 4.38. The molecule has 3 N–H and O–H groups in total. The number of imidazole rings is 1. The monoisotopic (exact) mass is 247 g/mol. The lowest BCUT2D eigenvalue weighted by Crippen LogP contribution is -2.16. The molecule has 0 bridgehead atoms. The highest BCUT2D eigenvalue weighted by atomic mass is 16.1. The van der Waals surface area contributed by atoms with Crippen molar-refractivity contribution in [3.63, 3.8) is 0 Å². The van der Waals surface area contributed by atoms with E-state index in [1.54, 1.807) is 12.4 Å². The lowest BCUT2D eigenvalue weighted by atomic mass is 10.2. The van der Waals surface area contributed by atoms with Crippen LogP contribution in [0.25, 0.3) is 0 Å². The third kappa shape index (κ3) is 3.19. The number of nitrogens with zero attached hydrogens (tertiary/aromatic N) is 2. The van der Waals surface area contributed by atoms with E-state index < -0.39 is 0 Å². The fraction of sp³-hybridized carbons (Fsp3) is 0.417. The van der Waals surface area contributed by atoms with E-state index >= 15 is 0 Å². The van der Waals surface area contributed by atoms with Gasteiger partial charge in [0.25, 0.3) is 5.56 Å². The van der Waals surface area contributed by atoms with Crippen LogP contribution in [0.2, 0.25) is 0 Å². The summed E-state index contributed by atoms with van der Waals surface area (Å²) in [6.45, 7) is 4.66. The van der Waals surface area contributed by atoms with Gasteiger partial charge in [0, 0.05) is 37.3 Å². The zero-order valence-electron chi connectivity index (χ0n) is 10.5. The van der Waals surface area contributed by atoms with Crippen molar-refractivity contribution in [2.24, 2.45) is 0 Å². The predicted octanol–water partition coefficient (Wildman–Crippen LogP) is 1.27. The molecule has 0 atom stereocenters. The van der Waals surface area contributed by atoms with Crippen LogP contribution >= 0.6 is 0 Å². The number of aromatic nitrogens is 4. The third-order valence-corrected chi connectivity index (χ3v) is 2.53. The van der Waals surface area contributed by atoms with Gasteiger partial charge in [0.1, 0.15) is 17.5 Å². The smallest absolute Gasteiger partial charge is 0.252 e. The first-order chi connectivity index (χ1) is 8.65. The third-order valence-electron chi connectivity index (χ3n) is 2.53. The number of anilines is 1.